The molecule has 2 fully saturated rings. The van der Waals surface area contributed by atoms with E-state index in [-0.39, 0.29) is 0 Å². The number of rotatable bonds is 3. The Morgan fingerprint density at radius 1 is 0.679 bits per heavy atom. The molecule has 0 aromatic heterocycles. The van der Waals surface area contributed by atoms with Gasteiger partial charge in [0.25, 0.3) is 0 Å². The third kappa shape index (κ3) is 8.91. The molecule has 2 rings (SSSR count). The monoisotopic (exact) mass is 477 g/mol. The van der Waals surface area contributed by atoms with E-state index in [4.69, 9.17) is 23.6 Å². The summed E-state index contributed by atoms with van der Waals surface area (Å²) in [4.78, 5) is 5.58. The van der Waals surface area contributed by atoms with Crippen molar-refractivity contribution in [2.24, 2.45) is 0 Å². The van der Waals surface area contributed by atoms with Gasteiger partial charge in [-0.1, -0.05) is 120 Å². The van der Waals surface area contributed by atoms with Gasteiger partial charge in [0, 0.05) is 0 Å². The Balaban J connectivity index is 0.00000122. The third-order valence-corrected chi connectivity index (χ3v) is 9.61. The molecule has 5 heteroatoms. The maximum absolute atomic E-state index is 5.58. The maximum atomic E-state index is 5.58. The number of nitrogens with zero attached hydrogens (tertiary/aromatic N) is 1. The van der Waals surface area contributed by atoms with Gasteiger partial charge in [0.15, 0.2) is 0 Å². The summed E-state index contributed by atoms with van der Waals surface area (Å²) >= 11 is -0.556. The molecule has 0 aliphatic heterocycles. The summed E-state index contributed by atoms with van der Waals surface area (Å²) in [5, 5.41) is 0. The first-order valence-corrected chi connectivity index (χ1v) is 18.4. The molecule has 2 saturated carbocycles. The summed E-state index contributed by atoms with van der Waals surface area (Å²) in [6.45, 7) is 14.2. The van der Waals surface area contributed by atoms with E-state index in [0.717, 1.165) is 0 Å². The summed E-state index contributed by atoms with van der Waals surface area (Å²) in [7, 11) is 8.05. The van der Waals surface area contributed by atoms with E-state index in [1.165, 1.54) is 94.3 Å². The van der Waals surface area contributed by atoms with Crippen LogP contribution >= 0.6 is 18.6 Å². The molecule has 0 aromatic carbocycles. The summed E-state index contributed by atoms with van der Waals surface area (Å²) in [5.74, 6) is 6.07. The van der Waals surface area contributed by atoms with Crippen LogP contribution in [-0.4, -0.2) is 14.3 Å². The van der Waals surface area contributed by atoms with Crippen LogP contribution in [0.15, 0.2) is 0 Å². The van der Waals surface area contributed by atoms with Crippen molar-refractivity contribution in [1.29, 1.82) is 0 Å². The molecule has 161 valence electrons. The molecule has 0 saturated heterocycles. The van der Waals surface area contributed by atoms with Gasteiger partial charge in [-0.05, 0) is 29.2 Å². The second-order valence-corrected chi connectivity index (χ2v) is 15.5. The Hall–Kier alpha value is 1.47. The minimum absolute atomic E-state index is 0.556. The van der Waals surface area contributed by atoms with Crippen LogP contribution in [0.3, 0.4) is 0 Å². The molecule has 0 bridgehead atoms. The fourth-order valence-electron chi connectivity index (χ4n) is 4.93. The molecule has 0 spiro atoms. The third-order valence-electron chi connectivity index (χ3n) is 6.63. The van der Waals surface area contributed by atoms with E-state index in [9.17, 15) is 0 Å². The first kappa shape index (κ1) is 27.5. The summed E-state index contributed by atoms with van der Waals surface area (Å²) in [6.07, 6.45) is 15.5. The second-order valence-electron chi connectivity index (χ2n) is 9.05. The van der Waals surface area contributed by atoms with Crippen LogP contribution in [0.5, 0.6) is 0 Å². The van der Waals surface area contributed by atoms with Crippen molar-refractivity contribution in [2.75, 3.05) is 0 Å². The molecule has 0 unspecified atom stereocenters. The second kappa shape index (κ2) is 14.5. The zero-order valence-corrected chi connectivity index (χ0v) is 23.1. The molecule has 0 N–H and O–H groups in total. The Kier molecular flexibility index (Phi) is 14.3. The van der Waals surface area contributed by atoms with Gasteiger partial charge < -0.3 is 4.98 Å². The van der Waals surface area contributed by atoms with Crippen LogP contribution in [0.25, 0.3) is 4.98 Å². The molecule has 28 heavy (non-hydrogen) atoms. The van der Waals surface area contributed by atoms with Gasteiger partial charge in [0.05, 0.1) is 0 Å². The molecule has 1 nitrogen and oxygen atoms in total. The van der Waals surface area contributed by atoms with Gasteiger partial charge >= 0.3 is 35.6 Å². The van der Waals surface area contributed by atoms with Crippen LogP contribution in [-0.2, 0) is 17.0 Å². The first-order valence-electron chi connectivity index (χ1n) is 11.2. The van der Waals surface area contributed by atoms with E-state index in [2.05, 4.69) is 40.8 Å². The predicted molar refractivity (Wildman–Crippen MR) is 126 cm³/mol. The van der Waals surface area contributed by atoms with Gasteiger partial charge in [-0.25, -0.2) is 0 Å². The molecule has 2 aliphatic carbocycles. The SMILES string of the molecule is C[C]1[C](C)[C](C)[C]([Si](C)(C)[N-]C2CCCCCCCCCCC2)[C]1C.[Cl][Ti][Cl]. The molecule has 2 aliphatic rings. The van der Waals surface area contributed by atoms with Gasteiger partial charge in [-0.3, -0.25) is 0 Å². The van der Waals surface area contributed by atoms with E-state index < -0.39 is 25.3 Å². The van der Waals surface area contributed by atoms with Crippen molar-refractivity contribution in [3.63, 3.8) is 0 Å². The van der Waals surface area contributed by atoms with Crippen molar-refractivity contribution < 1.29 is 17.0 Å². The van der Waals surface area contributed by atoms with Crippen LogP contribution < -0.4 is 0 Å². The standard InChI is InChI=1S/C23H41NSi.2ClH.Ti/c1-18-19(2)21(4)23(20(18)3)25(5,6)24-22-16-14-12-10-8-7-9-11-13-15-17-22;;;/h22H,7-17H2,1-6H3;2*1H;/q-1;;;+2/p-2. The first-order chi connectivity index (χ1) is 13.3. The number of hydrogen-bond donors (Lipinski definition) is 0. The molecule has 0 atom stereocenters. The van der Waals surface area contributed by atoms with Crippen LogP contribution in [0.4, 0.5) is 0 Å². The van der Waals surface area contributed by atoms with Gasteiger partial charge in [0.1, 0.15) is 0 Å². The molecule has 0 heterocycles. The van der Waals surface area contributed by atoms with E-state index >= 15 is 0 Å². The van der Waals surface area contributed by atoms with Crippen LogP contribution in [0.2, 0.25) is 13.1 Å². The molecule has 5 radical (unpaired) electrons. The van der Waals surface area contributed by atoms with Gasteiger partial charge in [-0.2, -0.15) is 0 Å². The summed E-state index contributed by atoms with van der Waals surface area (Å²) in [6, 6.07) is 0.607. The van der Waals surface area contributed by atoms with Crippen molar-refractivity contribution in [1.82, 2.24) is 0 Å². The average molecular weight is 478 g/mol. The molecule has 0 amide bonds. The summed E-state index contributed by atoms with van der Waals surface area (Å²) in [5.41, 5.74) is 1.63. The normalized spacial score (nSPS) is 24.3. The predicted octanol–water partition coefficient (Wildman–Crippen LogP) is 9.12. The van der Waals surface area contributed by atoms with Crippen LogP contribution in [0, 0.1) is 29.2 Å². The molecule has 0 aromatic rings. The Labute approximate surface area is 194 Å². The van der Waals surface area contributed by atoms with Gasteiger partial charge in [0.2, 0.25) is 0 Å². The van der Waals surface area contributed by atoms with E-state index in [0.29, 0.717) is 6.04 Å². The quantitative estimate of drug-likeness (QED) is 0.359. The van der Waals surface area contributed by atoms with E-state index in [1.54, 1.807) is 5.54 Å². The van der Waals surface area contributed by atoms with Crippen molar-refractivity contribution in [2.45, 2.75) is 117 Å². The topological polar surface area (TPSA) is 14.1 Å². The van der Waals surface area contributed by atoms with Crippen molar-refractivity contribution in [3.8, 4) is 0 Å². The fourth-order valence-corrected chi connectivity index (χ4v) is 8.44. The molecular weight excluding hydrogens is 437 g/mol. The number of hydrogen-bond acceptors (Lipinski definition) is 0. The Morgan fingerprint density at radius 2 is 1.00 bits per heavy atom. The molecular formula is C23H41Cl2NSiTi-. The Bertz CT molecular complexity index is 384. The van der Waals surface area contributed by atoms with Crippen molar-refractivity contribution in [3.05, 3.63) is 34.2 Å². The average Bonchev–Trinajstić information content (AvgIpc) is 2.81. The zero-order valence-electron chi connectivity index (χ0n) is 19.1. The zero-order chi connectivity index (χ0) is 21.2. The van der Waals surface area contributed by atoms with E-state index in [1.807, 2.05) is 0 Å². The number of halogens is 2. The summed E-state index contributed by atoms with van der Waals surface area (Å²) < 4.78 is 0. The fraction of sp³-hybridized carbons (Fsp3) is 0.783. The Morgan fingerprint density at radius 3 is 1.36 bits per heavy atom. The minimum atomic E-state index is -1.73. The van der Waals surface area contributed by atoms with Crippen molar-refractivity contribution >= 4 is 26.8 Å². The van der Waals surface area contributed by atoms with Gasteiger partial charge in [-0.15, -0.1) is 6.04 Å². The van der Waals surface area contributed by atoms with Crippen LogP contribution in [0.1, 0.15) is 98.3 Å².